The number of rotatable bonds is 3. The summed E-state index contributed by atoms with van der Waals surface area (Å²) in [6, 6.07) is 8.97. The number of nitrogens with two attached hydrogens (primary N) is 1. The van der Waals surface area contributed by atoms with Crippen molar-refractivity contribution in [1.82, 2.24) is 4.90 Å². The lowest BCUT2D eigenvalue weighted by atomic mass is 9.89. The van der Waals surface area contributed by atoms with Gasteiger partial charge in [-0.3, -0.25) is 0 Å². The Balaban J connectivity index is 2.00. The topological polar surface area (TPSA) is 29.3 Å². The number of benzene rings is 1. The molecule has 1 aliphatic rings. The first-order chi connectivity index (χ1) is 7.44. The third-order valence-corrected chi connectivity index (χ3v) is 3.17. The smallest absolute Gasteiger partial charge is 0.0138 e. The fraction of sp³-hybridized carbons (Fsp3) is 0.571. The highest BCUT2D eigenvalue weighted by molar-refractivity contribution is 5.28. The minimum absolute atomic E-state index is 0.113. The second kappa shape index (κ2) is 4.19. The molecule has 1 aliphatic heterocycles. The van der Waals surface area contributed by atoms with Crippen LogP contribution in [0.4, 0.5) is 0 Å². The fourth-order valence-corrected chi connectivity index (χ4v) is 2.34. The van der Waals surface area contributed by atoms with Crippen LogP contribution in [0.1, 0.15) is 30.9 Å². The van der Waals surface area contributed by atoms with E-state index in [-0.39, 0.29) is 5.54 Å². The first kappa shape index (κ1) is 11.6. The first-order valence-electron chi connectivity index (χ1n) is 6.00. The number of likely N-dealkylation sites (tertiary alicyclic amines) is 1. The molecule has 1 aromatic carbocycles. The number of nitrogens with zero attached hydrogens (tertiary/aromatic N) is 1. The van der Waals surface area contributed by atoms with Crippen molar-refractivity contribution in [1.29, 1.82) is 0 Å². The van der Waals surface area contributed by atoms with Crippen LogP contribution in [0.25, 0.3) is 0 Å². The Morgan fingerprint density at radius 1 is 1.25 bits per heavy atom. The maximum Gasteiger partial charge on any atom is 0.0138 e. The summed E-state index contributed by atoms with van der Waals surface area (Å²) in [5.74, 6) is 0.741. The summed E-state index contributed by atoms with van der Waals surface area (Å²) in [4.78, 5) is 2.35. The van der Waals surface area contributed by atoms with Crippen molar-refractivity contribution in [2.24, 2.45) is 5.73 Å². The Bertz CT molecular complexity index is 342. The average molecular weight is 218 g/mol. The van der Waals surface area contributed by atoms with Crippen LogP contribution in [-0.4, -0.2) is 30.6 Å². The van der Waals surface area contributed by atoms with Crippen molar-refractivity contribution < 1.29 is 0 Å². The van der Waals surface area contributed by atoms with Crippen LogP contribution in [0.5, 0.6) is 0 Å². The van der Waals surface area contributed by atoms with Gasteiger partial charge in [0.25, 0.3) is 0 Å². The SMILES string of the molecule is CN1CC(c2ccc(CC(C)(C)N)cc2)C1. The lowest BCUT2D eigenvalue weighted by Crippen LogP contribution is -2.41. The highest BCUT2D eigenvalue weighted by atomic mass is 15.2. The van der Waals surface area contributed by atoms with Gasteiger partial charge in [-0.1, -0.05) is 24.3 Å². The molecule has 0 spiro atoms. The molecule has 0 radical (unpaired) electrons. The van der Waals surface area contributed by atoms with E-state index in [0.29, 0.717) is 0 Å². The Kier molecular flexibility index (Phi) is 3.04. The summed E-state index contributed by atoms with van der Waals surface area (Å²) in [5.41, 5.74) is 8.71. The molecule has 2 heteroatoms. The van der Waals surface area contributed by atoms with Crippen LogP contribution >= 0.6 is 0 Å². The van der Waals surface area contributed by atoms with Crippen molar-refractivity contribution in [3.05, 3.63) is 35.4 Å². The number of hydrogen-bond donors (Lipinski definition) is 1. The third-order valence-electron chi connectivity index (χ3n) is 3.17. The Hall–Kier alpha value is -0.860. The molecule has 1 fully saturated rings. The van der Waals surface area contributed by atoms with E-state index in [1.807, 2.05) is 0 Å². The summed E-state index contributed by atoms with van der Waals surface area (Å²) in [7, 11) is 2.17. The van der Waals surface area contributed by atoms with Gasteiger partial charge in [-0.2, -0.15) is 0 Å². The van der Waals surface area contributed by atoms with Gasteiger partial charge in [-0.05, 0) is 38.4 Å². The molecule has 0 bridgehead atoms. The fourth-order valence-electron chi connectivity index (χ4n) is 2.34. The lowest BCUT2D eigenvalue weighted by molar-refractivity contribution is 0.190. The largest absolute Gasteiger partial charge is 0.325 e. The minimum Gasteiger partial charge on any atom is -0.325 e. The van der Waals surface area contributed by atoms with Crippen molar-refractivity contribution in [3.8, 4) is 0 Å². The second-order valence-corrected chi connectivity index (χ2v) is 5.83. The van der Waals surface area contributed by atoms with E-state index < -0.39 is 0 Å². The molecule has 2 nitrogen and oxygen atoms in total. The molecule has 16 heavy (non-hydrogen) atoms. The van der Waals surface area contributed by atoms with Crippen LogP contribution < -0.4 is 5.73 Å². The van der Waals surface area contributed by atoms with Gasteiger partial charge in [-0.15, -0.1) is 0 Å². The molecular weight excluding hydrogens is 196 g/mol. The predicted molar refractivity (Wildman–Crippen MR) is 68.7 cm³/mol. The molecule has 1 saturated heterocycles. The van der Waals surface area contributed by atoms with Gasteiger partial charge in [-0.25, -0.2) is 0 Å². The van der Waals surface area contributed by atoms with Crippen LogP contribution in [0, 0.1) is 0 Å². The van der Waals surface area contributed by atoms with E-state index in [1.165, 1.54) is 24.2 Å². The summed E-state index contributed by atoms with van der Waals surface area (Å²) >= 11 is 0. The van der Waals surface area contributed by atoms with Gasteiger partial charge >= 0.3 is 0 Å². The van der Waals surface area contributed by atoms with E-state index in [2.05, 4.69) is 50.1 Å². The molecular formula is C14H22N2. The maximum atomic E-state index is 6.01. The van der Waals surface area contributed by atoms with E-state index >= 15 is 0 Å². The highest BCUT2D eigenvalue weighted by Crippen LogP contribution is 2.25. The number of likely N-dealkylation sites (N-methyl/N-ethyl adjacent to an activating group) is 1. The van der Waals surface area contributed by atoms with E-state index in [9.17, 15) is 0 Å². The molecule has 2 N–H and O–H groups in total. The van der Waals surface area contributed by atoms with Gasteiger partial charge < -0.3 is 10.6 Å². The third kappa shape index (κ3) is 2.83. The van der Waals surface area contributed by atoms with Crippen molar-refractivity contribution in [2.75, 3.05) is 20.1 Å². The standard InChI is InChI=1S/C14H22N2/c1-14(2,15)8-11-4-6-12(7-5-11)13-9-16(3)10-13/h4-7,13H,8-10,15H2,1-3H3. The zero-order valence-electron chi connectivity index (χ0n) is 10.5. The predicted octanol–water partition coefficient (Wildman–Crippen LogP) is 2.00. The summed E-state index contributed by atoms with van der Waals surface area (Å²) in [6.07, 6.45) is 0.942. The molecule has 0 atom stereocenters. The zero-order valence-corrected chi connectivity index (χ0v) is 10.5. The molecule has 88 valence electrons. The molecule has 0 saturated carbocycles. The lowest BCUT2D eigenvalue weighted by Gasteiger charge is -2.36. The summed E-state index contributed by atoms with van der Waals surface area (Å²) in [6.45, 7) is 6.53. The zero-order chi connectivity index (χ0) is 11.8. The molecule has 0 amide bonds. The van der Waals surface area contributed by atoms with Gasteiger partial charge in [0.2, 0.25) is 0 Å². The Morgan fingerprint density at radius 3 is 2.25 bits per heavy atom. The summed E-state index contributed by atoms with van der Waals surface area (Å²) in [5, 5.41) is 0. The quantitative estimate of drug-likeness (QED) is 0.840. The van der Waals surface area contributed by atoms with Crippen LogP contribution in [0.15, 0.2) is 24.3 Å². The molecule has 0 aromatic heterocycles. The van der Waals surface area contributed by atoms with Gasteiger partial charge in [0.1, 0.15) is 0 Å². The average Bonchev–Trinajstić information content (AvgIpc) is 2.12. The van der Waals surface area contributed by atoms with Crippen LogP contribution in [-0.2, 0) is 6.42 Å². The minimum atomic E-state index is -0.113. The number of hydrogen-bond acceptors (Lipinski definition) is 2. The van der Waals surface area contributed by atoms with Crippen LogP contribution in [0.2, 0.25) is 0 Å². The van der Waals surface area contributed by atoms with E-state index in [4.69, 9.17) is 5.73 Å². The van der Waals surface area contributed by atoms with Gasteiger partial charge in [0.15, 0.2) is 0 Å². The second-order valence-electron chi connectivity index (χ2n) is 5.83. The molecule has 2 rings (SSSR count). The Morgan fingerprint density at radius 2 is 1.81 bits per heavy atom. The highest BCUT2D eigenvalue weighted by Gasteiger charge is 2.24. The molecule has 1 heterocycles. The molecule has 0 unspecified atom stereocenters. The monoisotopic (exact) mass is 218 g/mol. The van der Waals surface area contributed by atoms with Gasteiger partial charge in [0, 0.05) is 24.5 Å². The Labute approximate surface area is 98.4 Å². The van der Waals surface area contributed by atoms with Gasteiger partial charge in [0.05, 0.1) is 0 Å². The normalized spacial score (nSPS) is 18.5. The van der Waals surface area contributed by atoms with E-state index in [0.717, 1.165) is 12.3 Å². The summed E-state index contributed by atoms with van der Waals surface area (Å²) < 4.78 is 0. The molecule has 0 aliphatic carbocycles. The first-order valence-corrected chi connectivity index (χ1v) is 6.00. The van der Waals surface area contributed by atoms with Crippen molar-refractivity contribution >= 4 is 0 Å². The van der Waals surface area contributed by atoms with Crippen LogP contribution in [0.3, 0.4) is 0 Å². The maximum absolute atomic E-state index is 6.01. The van der Waals surface area contributed by atoms with E-state index in [1.54, 1.807) is 0 Å². The van der Waals surface area contributed by atoms with Crippen molar-refractivity contribution in [2.45, 2.75) is 31.7 Å². The molecule has 1 aromatic rings. The van der Waals surface area contributed by atoms with Crippen molar-refractivity contribution in [3.63, 3.8) is 0 Å².